The van der Waals surface area contributed by atoms with Gasteiger partial charge in [-0.3, -0.25) is 14.8 Å². The third-order valence-electron chi connectivity index (χ3n) is 7.39. The van der Waals surface area contributed by atoms with Crippen molar-refractivity contribution >= 4 is 0 Å². The van der Waals surface area contributed by atoms with Gasteiger partial charge >= 0.3 is 0 Å². The lowest BCUT2D eigenvalue weighted by atomic mass is 9.98. The first-order chi connectivity index (χ1) is 19.3. The van der Waals surface area contributed by atoms with Crippen LogP contribution in [0.5, 0.6) is 17.2 Å². The average molecular weight is 546 g/mol. The van der Waals surface area contributed by atoms with Crippen LogP contribution in [-0.4, -0.2) is 54.2 Å². The molecule has 40 heavy (non-hydrogen) atoms. The Labute approximate surface area is 241 Å². The molecular formula is C34H47N3O3. The van der Waals surface area contributed by atoms with Crippen LogP contribution < -0.4 is 14.2 Å². The van der Waals surface area contributed by atoms with Crippen molar-refractivity contribution in [1.82, 2.24) is 14.8 Å². The minimum absolute atomic E-state index is 0.225. The van der Waals surface area contributed by atoms with E-state index in [-0.39, 0.29) is 5.60 Å². The standard InChI is InChI=1S/C34H47N3O3/c1-34(2,3)40-31-16-9-8-14-28(31)24-37(26-30-15-10-11-18-35-30)20-13-7-6-12-19-36-21-17-27-22-32(38-4)33(39-5)23-29(27)25-36/h8-11,14-16,18,22-23H,6-7,12-13,17,19-21,24-26H2,1-5H3. The molecular weight excluding hydrogens is 498 g/mol. The van der Waals surface area contributed by atoms with E-state index in [1.54, 1.807) is 14.2 Å². The Balaban J connectivity index is 1.26. The van der Waals surface area contributed by atoms with Gasteiger partial charge in [0.1, 0.15) is 11.4 Å². The Morgan fingerprint density at radius 2 is 1.55 bits per heavy atom. The second kappa shape index (κ2) is 14.5. The van der Waals surface area contributed by atoms with Crippen molar-refractivity contribution in [2.24, 2.45) is 0 Å². The summed E-state index contributed by atoms with van der Waals surface area (Å²) in [6, 6.07) is 18.9. The molecule has 3 aromatic rings. The molecule has 1 aromatic heterocycles. The lowest BCUT2D eigenvalue weighted by Gasteiger charge is -2.29. The fourth-order valence-electron chi connectivity index (χ4n) is 5.40. The number of rotatable bonds is 14. The molecule has 2 heterocycles. The van der Waals surface area contributed by atoms with E-state index in [0.717, 1.165) is 68.6 Å². The summed E-state index contributed by atoms with van der Waals surface area (Å²) in [5.41, 5.74) is 4.86. The van der Waals surface area contributed by atoms with E-state index < -0.39 is 0 Å². The molecule has 0 amide bonds. The number of fused-ring (bicyclic) bond motifs is 1. The Morgan fingerprint density at radius 1 is 0.825 bits per heavy atom. The van der Waals surface area contributed by atoms with Crippen molar-refractivity contribution in [3.63, 3.8) is 0 Å². The van der Waals surface area contributed by atoms with Gasteiger partial charge in [0, 0.05) is 37.9 Å². The lowest BCUT2D eigenvalue weighted by Crippen LogP contribution is -2.31. The quantitative estimate of drug-likeness (QED) is 0.206. The maximum Gasteiger partial charge on any atom is 0.161 e. The third kappa shape index (κ3) is 8.97. The van der Waals surface area contributed by atoms with Crippen LogP contribution in [0.3, 0.4) is 0 Å². The van der Waals surface area contributed by atoms with E-state index in [1.807, 2.05) is 12.3 Å². The molecule has 6 nitrogen and oxygen atoms in total. The monoisotopic (exact) mass is 545 g/mol. The maximum atomic E-state index is 6.29. The molecule has 4 rings (SSSR count). The van der Waals surface area contributed by atoms with Crippen LogP contribution in [0.4, 0.5) is 0 Å². The number of hydrogen-bond donors (Lipinski definition) is 0. The Bertz CT molecular complexity index is 1190. The fourth-order valence-corrected chi connectivity index (χ4v) is 5.40. The van der Waals surface area contributed by atoms with E-state index in [2.05, 4.69) is 84.1 Å². The van der Waals surface area contributed by atoms with Crippen LogP contribution in [-0.2, 0) is 26.1 Å². The second-order valence-electron chi connectivity index (χ2n) is 11.8. The Hall–Kier alpha value is -3.09. The van der Waals surface area contributed by atoms with Gasteiger partial charge in [-0.05, 0) is 94.6 Å². The van der Waals surface area contributed by atoms with E-state index in [4.69, 9.17) is 14.2 Å². The highest BCUT2D eigenvalue weighted by Gasteiger charge is 2.20. The fraction of sp³-hybridized carbons (Fsp3) is 0.500. The minimum atomic E-state index is -0.225. The average Bonchev–Trinajstić information content (AvgIpc) is 2.94. The zero-order valence-corrected chi connectivity index (χ0v) is 25.1. The SMILES string of the molecule is COc1cc2c(cc1OC)CN(CCCCCCN(Cc1ccccn1)Cc1ccccc1OC(C)(C)C)CC2. The molecule has 0 fully saturated rings. The van der Waals surface area contributed by atoms with E-state index in [0.29, 0.717) is 0 Å². The van der Waals surface area contributed by atoms with Gasteiger partial charge in [0.25, 0.3) is 0 Å². The van der Waals surface area contributed by atoms with Crippen molar-refractivity contribution in [3.05, 3.63) is 83.2 Å². The smallest absolute Gasteiger partial charge is 0.161 e. The van der Waals surface area contributed by atoms with E-state index in [9.17, 15) is 0 Å². The zero-order chi connectivity index (χ0) is 28.4. The van der Waals surface area contributed by atoms with Crippen LogP contribution >= 0.6 is 0 Å². The molecule has 2 aromatic carbocycles. The molecule has 0 bridgehead atoms. The molecule has 0 unspecified atom stereocenters. The van der Waals surface area contributed by atoms with E-state index in [1.165, 1.54) is 42.4 Å². The number of benzene rings is 2. The summed E-state index contributed by atoms with van der Waals surface area (Å²) in [7, 11) is 3.42. The first-order valence-corrected chi connectivity index (χ1v) is 14.7. The van der Waals surface area contributed by atoms with Crippen LogP contribution in [0.2, 0.25) is 0 Å². The molecule has 1 aliphatic heterocycles. The molecule has 0 saturated heterocycles. The number of hydrogen-bond acceptors (Lipinski definition) is 6. The van der Waals surface area contributed by atoms with Gasteiger partial charge in [0.05, 0.1) is 19.9 Å². The summed E-state index contributed by atoms with van der Waals surface area (Å²) in [6.07, 6.45) is 7.83. The van der Waals surface area contributed by atoms with Crippen molar-refractivity contribution in [1.29, 1.82) is 0 Å². The number of unbranched alkanes of at least 4 members (excludes halogenated alkanes) is 3. The van der Waals surface area contributed by atoms with Crippen molar-refractivity contribution in [3.8, 4) is 17.2 Å². The molecule has 0 atom stereocenters. The Kier molecular flexibility index (Phi) is 10.8. The third-order valence-corrected chi connectivity index (χ3v) is 7.39. The predicted molar refractivity (Wildman–Crippen MR) is 162 cm³/mol. The first kappa shape index (κ1) is 29.9. The van der Waals surface area contributed by atoms with Gasteiger partial charge in [-0.25, -0.2) is 0 Å². The van der Waals surface area contributed by atoms with Crippen molar-refractivity contribution in [2.45, 2.75) is 78.1 Å². The number of pyridine rings is 1. The van der Waals surface area contributed by atoms with Crippen LogP contribution in [0.25, 0.3) is 0 Å². The van der Waals surface area contributed by atoms with Gasteiger partial charge in [0.15, 0.2) is 11.5 Å². The van der Waals surface area contributed by atoms with Gasteiger partial charge in [0.2, 0.25) is 0 Å². The lowest BCUT2D eigenvalue weighted by molar-refractivity contribution is 0.126. The molecule has 0 spiro atoms. The van der Waals surface area contributed by atoms with Gasteiger partial charge in [-0.15, -0.1) is 0 Å². The summed E-state index contributed by atoms with van der Waals surface area (Å²) >= 11 is 0. The molecule has 0 radical (unpaired) electrons. The maximum absolute atomic E-state index is 6.29. The minimum Gasteiger partial charge on any atom is -0.493 e. The van der Waals surface area contributed by atoms with Crippen LogP contribution in [0.1, 0.15) is 68.8 Å². The van der Waals surface area contributed by atoms with Gasteiger partial charge in [-0.2, -0.15) is 0 Å². The highest BCUT2D eigenvalue weighted by Crippen LogP contribution is 2.33. The summed E-state index contributed by atoms with van der Waals surface area (Å²) in [6.45, 7) is 12.3. The highest BCUT2D eigenvalue weighted by atomic mass is 16.5. The van der Waals surface area contributed by atoms with Crippen LogP contribution in [0.15, 0.2) is 60.8 Å². The molecule has 1 aliphatic rings. The van der Waals surface area contributed by atoms with Gasteiger partial charge < -0.3 is 14.2 Å². The first-order valence-electron chi connectivity index (χ1n) is 14.7. The summed E-state index contributed by atoms with van der Waals surface area (Å²) in [5.74, 6) is 2.63. The molecule has 0 N–H and O–H groups in total. The summed E-state index contributed by atoms with van der Waals surface area (Å²) in [5, 5.41) is 0. The summed E-state index contributed by atoms with van der Waals surface area (Å²) < 4.78 is 17.3. The normalized spacial score (nSPS) is 13.8. The second-order valence-corrected chi connectivity index (χ2v) is 11.8. The number of methoxy groups -OCH3 is 2. The topological polar surface area (TPSA) is 47.1 Å². The largest absolute Gasteiger partial charge is 0.493 e. The van der Waals surface area contributed by atoms with Crippen molar-refractivity contribution < 1.29 is 14.2 Å². The van der Waals surface area contributed by atoms with Gasteiger partial charge in [-0.1, -0.05) is 37.1 Å². The molecule has 216 valence electrons. The van der Waals surface area contributed by atoms with E-state index >= 15 is 0 Å². The number of para-hydroxylation sites is 1. The molecule has 0 saturated carbocycles. The molecule has 0 aliphatic carbocycles. The molecule has 6 heteroatoms. The summed E-state index contributed by atoms with van der Waals surface area (Å²) in [4.78, 5) is 9.68. The zero-order valence-electron chi connectivity index (χ0n) is 25.1. The predicted octanol–water partition coefficient (Wildman–Crippen LogP) is 6.90. The number of aromatic nitrogens is 1. The highest BCUT2D eigenvalue weighted by molar-refractivity contribution is 5.48. The Morgan fingerprint density at radius 3 is 2.27 bits per heavy atom. The van der Waals surface area contributed by atoms with Crippen molar-refractivity contribution in [2.75, 3.05) is 33.9 Å². The number of ether oxygens (including phenoxy) is 3. The van der Waals surface area contributed by atoms with Crippen LogP contribution in [0, 0.1) is 0 Å². The number of nitrogens with zero attached hydrogens (tertiary/aromatic N) is 3.